The zero-order chi connectivity index (χ0) is 42.5. The number of para-hydroxylation sites is 4. The molecule has 0 saturated heterocycles. The highest BCUT2D eigenvalue weighted by atomic mass is 28.3. The molecule has 64 heavy (non-hydrogen) atoms. The third-order valence-electron chi connectivity index (χ3n) is 13.6. The van der Waals surface area contributed by atoms with Gasteiger partial charge in [0.25, 0.3) is 0 Å². The van der Waals surface area contributed by atoms with Gasteiger partial charge >= 0.3 is 0 Å². The number of rotatable bonds is 7. The van der Waals surface area contributed by atoms with Crippen molar-refractivity contribution in [2.45, 2.75) is 5.41 Å². The van der Waals surface area contributed by atoms with Crippen molar-refractivity contribution in [2.75, 3.05) is 9.80 Å². The Morgan fingerprint density at radius 1 is 0.281 bits per heavy atom. The molecular formula is C61H44N2Si. The van der Waals surface area contributed by atoms with E-state index in [1.165, 1.54) is 76.9 Å². The number of anilines is 6. The molecule has 12 rings (SSSR count). The summed E-state index contributed by atoms with van der Waals surface area (Å²) in [6, 6.07) is 98.8. The van der Waals surface area contributed by atoms with Crippen LogP contribution >= 0.6 is 0 Å². The molecule has 3 heteroatoms. The average molecular weight is 833 g/mol. The maximum atomic E-state index is 2.48. The van der Waals surface area contributed by atoms with Crippen LogP contribution in [0.4, 0.5) is 34.1 Å². The summed E-state index contributed by atoms with van der Waals surface area (Å²) in [5.74, 6) is 0. The lowest BCUT2D eigenvalue weighted by molar-refractivity contribution is 0.731. The van der Waals surface area contributed by atoms with Gasteiger partial charge in [-0.2, -0.15) is 0 Å². The maximum Gasteiger partial charge on any atom is 0.184 e. The molecule has 2 nitrogen and oxygen atoms in total. The number of nitrogens with zero attached hydrogens (tertiary/aromatic N) is 2. The summed E-state index contributed by atoms with van der Waals surface area (Å²) in [6.45, 7) is 0. The average Bonchev–Trinajstić information content (AvgIpc) is 3.38. The second-order valence-electron chi connectivity index (χ2n) is 16.8. The molecule has 0 atom stereocenters. The molecule has 0 fully saturated rings. The van der Waals surface area contributed by atoms with Gasteiger partial charge in [0.2, 0.25) is 0 Å². The van der Waals surface area contributed by atoms with E-state index in [4.69, 9.17) is 0 Å². The second kappa shape index (κ2) is 15.4. The summed E-state index contributed by atoms with van der Waals surface area (Å²) in [6.07, 6.45) is 0. The van der Waals surface area contributed by atoms with Crippen LogP contribution in [0.5, 0.6) is 0 Å². The van der Waals surface area contributed by atoms with Crippen LogP contribution in [-0.4, -0.2) is 8.07 Å². The molecular weight excluding hydrogens is 789 g/mol. The standard InChI is InChI=1S/C61H44N2Si/c1-5-23-47(24-6-1)61(48-25-7-2-8-26-48)53-32-13-15-34-55(53)63(56-35-16-14-33-54(56)61)50-27-21-22-46(44-50)45-40-42-49(43-41-45)62-57-36-17-19-38-59(57)64(51-28-9-3-10-29-51,52-30-11-4-12-31-52)60-39-20-18-37-58(60)62/h1-44H. The van der Waals surface area contributed by atoms with Crippen molar-refractivity contribution in [3.8, 4) is 11.1 Å². The van der Waals surface area contributed by atoms with Gasteiger partial charge in [-0.05, 0) is 103 Å². The van der Waals surface area contributed by atoms with Crippen LogP contribution in [0, 0.1) is 0 Å². The largest absolute Gasteiger partial charge is 0.311 e. The fourth-order valence-electron chi connectivity index (χ4n) is 11.0. The summed E-state index contributed by atoms with van der Waals surface area (Å²) in [5.41, 5.74) is 13.9. The molecule has 0 radical (unpaired) electrons. The Morgan fingerprint density at radius 3 is 1.19 bits per heavy atom. The van der Waals surface area contributed by atoms with Gasteiger partial charge in [0.05, 0.1) is 16.8 Å². The van der Waals surface area contributed by atoms with Gasteiger partial charge in [-0.1, -0.05) is 218 Å². The lowest BCUT2D eigenvalue weighted by Gasteiger charge is -2.46. The van der Waals surface area contributed by atoms with E-state index >= 15 is 0 Å². The topological polar surface area (TPSA) is 6.48 Å². The Kier molecular flexibility index (Phi) is 9.10. The van der Waals surface area contributed by atoms with Crippen molar-refractivity contribution in [3.63, 3.8) is 0 Å². The summed E-state index contributed by atoms with van der Waals surface area (Å²) in [5, 5.41) is 5.57. The fraction of sp³-hybridized carbons (Fsp3) is 0.0164. The number of benzene rings is 10. The molecule has 0 aromatic heterocycles. The molecule has 0 aliphatic carbocycles. The lowest BCUT2D eigenvalue weighted by atomic mass is 9.62. The molecule has 2 aliphatic heterocycles. The van der Waals surface area contributed by atoms with Gasteiger partial charge in [0, 0.05) is 22.7 Å². The molecule has 0 saturated carbocycles. The summed E-state index contributed by atoms with van der Waals surface area (Å²) < 4.78 is 0. The number of hydrogen-bond donors (Lipinski definition) is 0. The third-order valence-corrected chi connectivity index (χ3v) is 18.4. The van der Waals surface area contributed by atoms with E-state index in [1.54, 1.807) is 0 Å². The van der Waals surface area contributed by atoms with Gasteiger partial charge in [0.15, 0.2) is 8.07 Å². The lowest BCUT2D eigenvalue weighted by Crippen LogP contribution is -2.77. The zero-order valence-corrected chi connectivity index (χ0v) is 36.3. The van der Waals surface area contributed by atoms with Crippen molar-refractivity contribution >= 4 is 62.9 Å². The third kappa shape index (κ3) is 5.64. The van der Waals surface area contributed by atoms with E-state index in [9.17, 15) is 0 Å². The van der Waals surface area contributed by atoms with Gasteiger partial charge in [-0.25, -0.2) is 0 Å². The first-order valence-electron chi connectivity index (χ1n) is 22.2. The molecule has 2 heterocycles. The minimum atomic E-state index is -2.68. The first kappa shape index (κ1) is 37.8. The van der Waals surface area contributed by atoms with Crippen molar-refractivity contribution in [1.82, 2.24) is 0 Å². The molecule has 302 valence electrons. The van der Waals surface area contributed by atoms with Crippen LogP contribution in [0.15, 0.2) is 267 Å². The number of hydrogen-bond acceptors (Lipinski definition) is 2. The molecule has 0 bridgehead atoms. The molecule has 10 aromatic rings. The molecule has 0 unspecified atom stereocenters. The fourth-order valence-corrected chi connectivity index (χ4v) is 16.1. The minimum absolute atomic E-state index is 0.504. The Hall–Kier alpha value is -7.98. The van der Waals surface area contributed by atoms with E-state index in [2.05, 4.69) is 277 Å². The molecule has 0 N–H and O–H groups in total. The highest BCUT2D eigenvalue weighted by molar-refractivity contribution is 7.21. The van der Waals surface area contributed by atoms with Crippen LogP contribution in [0.3, 0.4) is 0 Å². The van der Waals surface area contributed by atoms with Crippen molar-refractivity contribution < 1.29 is 0 Å². The normalized spacial score (nSPS) is 14.1. The second-order valence-corrected chi connectivity index (χ2v) is 20.5. The van der Waals surface area contributed by atoms with Crippen LogP contribution < -0.4 is 30.5 Å². The molecule has 10 aromatic carbocycles. The Labute approximate surface area is 376 Å². The summed E-state index contributed by atoms with van der Waals surface area (Å²) in [4.78, 5) is 4.94. The van der Waals surface area contributed by atoms with E-state index < -0.39 is 13.5 Å². The minimum Gasteiger partial charge on any atom is -0.311 e. The smallest absolute Gasteiger partial charge is 0.184 e. The quantitative estimate of drug-likeness (QED) is 0.148. The first-order valence-corrected chi connectivity index (χ1v) is 24.2. The monoisotopic (exact) mass is 832 g/mol. The van der Waals surface area contributed by atoms with Crippen molar-refractivity contribution in [1.29, 1.82) is 0 Å². The highest BCUT2D eigenvalue weighted by Gasteiger charge is 2.49. The summed E-state index contributed by atoms with van der Waals surface area (Å²) in [7, 11) is -2.68. The summed E-state index contributed by atoms with van der Waals surface area (Å²) >= 11 is 0. The van der Waals surface area contributed by atoms with Crippen molar-refractivity contribution in [3.05, 3.63) is 289 Å². The van der Waals surface area contributed by atoms with Crippen molar-refractivity contribution in [2.24, 2.45) is 0 Å². The van der Waals surface area contributed by atoms with E-state index in [-0.39, 0.29) is 0 Å². The van der Waals surface area contributed by atoms with Gasteiger partial charge in [0.1, 0.15) is 0 Å². The Morgan fingerprint density at radius 2 is 0.688 bits per heavy atom. The predicted octanol–water partition coefficient (Wildman–Crippen LogP) is 12.7. The Balaban J connectivity index is 0.971. The number of fused-ring (bicyclic) bond motifs is 4. The van der Waals surface area contributed by atoms with Gasteiger partial charge in [-0.15, -0.1) is 0 Å². The van der Waals surface area contributed by atoms with Gasteiger partial charge < -0.3 is 9.80 Å². The molecule has 2 aliphatic rings. The highest BCUT2D eigenvalue weighted by Crippen LogP contribution is 2.57. The van der Waals surface area contributed by atoms with E-state index in [1.807, 2.05) is 0 Å². The maximum absolute atomic E-state index is 2.68. The molecule has 0 amide bonds. The van der Waals surface area contributed by atoms with E-state index in [0.29, 0.717) is 0 Å². The first-order chi connectivity index (χ1) is 31.8. The Bertz CT molecular complexity index is 3100. The molecule has 0 spiro atoms. The predicted molar refractivity (Wildman–Crippen MR) is 270 cm³/mol. The van der Waals surface area contributed by atoms with Crippen LogP contribution in [-0.2, 0) is 5.41 Å². The van der Waals surface area contributed by atoms with Gasteiger partial charge in [-0.3, -0.25) is 0 Å². The van der Waals surface area contributed by atoms with Crippen LogP contribution in [0.25, 0.3) is 11.1 Å². The van der Waals surface area contributed by atoms with E-state index in [0.717, 1.165) is 11.4 Å². The SMILES string of the molecule is c1ccc(C2(c3ccccc3)c3ccccc3N(c3cccc(-c4ccc(N5c6ccccc6[Si](c6ccccc6)(c6ccccc6)c6ccccc65)cc4)c3)c3ccccc32)cc1. The zero-order valence-electron chi connectivity index (χ0n) is 35.3. The van der Waals surface area contributed by atoms with Crippen LogP contribution in [0.2, 0.25) is 0 Å². The van der Waals surface area contributed by atoms with Crippen LogP contribution in [0.1, 0.15) is 22.3 Å².